The molecule has 2 rings (SSSR count). The SMILES string of the molecule is CC.O=c1cc(S)oc(-c2ccccc2)c1. The molecule has 0 saturated heterocycles. The first-order valence-corrected chi connectivity index (χ1v) is 5.60. The van der Waals surface area contributed by atoms with Crippen LogP contribution in [0.15, 0.2) is 56.8 Å². The van der Waals surface area contributed by atoms with E-state index < -0.39 is 0 Å². The Morgan fingerprint density at radius 1 is 1.06 bits per heavy atom. The molecule has 0 spiro atoms. The predicted octanol–water partition coefficient (Wildman–Crippen LogP) is 3.62. The Kier molecular flexibility index (Phi) is 4.86. The van der Waals surface area contributed by atoms with Crippen LogP contribution in [0.1, 0.15) is 13.8 Å². The van der Waals surface area contributed by atoms with Crippen LogP contribution < -0.4 is 5.43 Å². The summed E-state index contributed by atoms with van der Waals surface area (Å²) in [5.74, 6) is 0.545. The Morgan fingerprint density at radius 3 is 2.25 bits per heavy atom. The van der Waals surface area contributed by atoms with E-state index >= 15 is 0 Å². The van der Waals surface area contributed by atoms with Crippen molar-refractivity contribution in [2.45, 2.75) is 18.9 Å². The van der Waals surface area contributed by atoms with Crippen LogP contribution in [0.2, 0.25) is 0 Å². The average molecular weight is 234 g/mol. The van der Waals surface area contributed by atoms with Gasteiger partial charge >= 0.3 is 0 Å². The second-order valence-corrected chi connectivity index (χ2v) is 3.30. The number of thiol groups is 1. The van der Waals surface area contributed by atoms with Crippen molar-refractivity contribution < 1.29 is 4.42 Å². The smallest absolute Gasteiger partial charge is 0.186 e. The van der Waals surface area contributed by atoms with Gasteiger partial charge in [-0.15, -0.1) is 12.6 Å². The molecule has 84 valence electrons. The molecule has 0 atom stereocenters. The fraction of sp³-hybridized carbons (Fsp3) is 0.154. The molecule has 2 nitrogen and oxygen atoms in total. The summed E-state index contributed by atoms with van der Waals surface area (Å²) in [6.07, 6.45) is 0. The lowest BCUT2D eigenvalue weighted by molar-refractivity contribution is 0.469. The lowest BCUT2D eigenvalue weighted by atomic mass is 10.2. The van der Waals surface area contributed by atoms with Gasteiger partial charge in [0.25, 0.3) is 0 Å². The fourth-order valence-electron chi connectivity index (χ4n) is 1.21. The molecule has 0 aliphatic heterocycles. The van der Waals surface area contributed by atoms with Gasteiger partial charge in [0.15, 0.2) is 10.5 Å². The van der Waals surface area contributed by atoms with Crippen molar-refractivity contribution in [3.63, 3.8) is 0 Å². The Bertz CT molecular complexity index is 489. The zero-order chi connectivity index (χ0) is 12.0. The topological polar surface area (TPSA) is 30.2 Å². The molecule has 0 unspecified atom stereocenters. The Labute approximate surface area is 100 Å². The minimum Gasteiger partial charge on any atom is -0.450 e. The summed E-state index contributed by atoms with van der Waals surface area (Å²) >= 11 is 4.01. The molecule has 2 aromatic rings. The summed E-state index contributed by atoms with van der Waals surface area (Å²) < 4.78 is 5.31. The molecule has 0 aliphatic carbocycles. The molecular weight excluding hydrogens is 220 g/mol. The number of hydrogen-bond donors (Lipinski definition) is 1. The van der Waals surface area contributed by atoms with E-state index in [1.807, 2.05) is 44.2 Å². The zero-order valence-electron chi connectivity index (χ0n) is 9.31. The molecular formula is C13H14O2S. The quantitative estimate of drug-likeness (QED) is 0.764. The highest BCUT2D eigenvalue weighted by atomic mass is 32.1. The summed E-state index contributed by atoms with van der Waals surface area (Å²) in [5.41, 5.74) is 0.778. The van der Waals surface area contributed by atoms with Crippen molar-refractivity contribution in [2.24, 2.45) is 0 Å². The third kappa shape index (κ3) is 3.28. The van der Waals surface area contributed by atoms with Crippen molar-refractivity contribution in [3.05, 3.63) is 52.7 Å². The first-order valence-electron chi connectivity index (χ1n) is 5.15. The second kappa shape index (κ2) is 6.18. The van der Waals surface area contributed by atoms with Gasteiger partial charge in [-0.25, -0.2) is 0 Å². The summed E-state index contributed by atoms with van der Waals surface area (Å²) in [5, 5.41) is 0.330. The minimum atomic E-state index is -0.0971. The third-order valence-electron chi connectivity index (χ3n) is 1.81. The highest BCUT2D eigenvalue weighted by Crippen LogP contribution is 2.19. The maximum Gasteiger partial charge on any atom is 0.186 e. The van der Waals surface area contributed by atoms with Gasteiger partial charge in [0.1, 0.15) is 5.76 Å². The van der Waals surface area contributed by atoms with E-state index in [-0.39, 0.29) is 5.43 Å². The van der Waals surface area contributed by atoms with Crippen LogP contribution >= 0.6 is 12.6 Å². The third-order valence-corrected chi connectivity index (χ3v) is 2.03. The monoisotopic (exact) mass is 234 g/mol. The zero-order valence-corrected chi connectivity index (χ0v) is 10.2. The molecule has 0 bridgehead atoms. The Morgan fingerprint density at radius 2 is 1.69 bits per heavy atom. The lowest BCUT2D eigenvalue weighted by Crippen LogP contribution is -1.96. The van der Waals surface area contributed by atoms with E-state index in [2.05, 4.69) is 12.6 Å². The molecule has 0 aliphatic rings. The maximum atomic E-state index is 11.2. The largest absolute Gasteiger partial charge is 0.450 e. The normalized spacial score (nSPS) is 9.19. The van der Waals surface area contributed by atoms with Gasteiger partial charge in [0, 0.05) is 17.7 Å². The maximum absolute atomic E-state index is 11.2. The minimum absolute atomic E-state index is 0.0971. The van der Waals surface area contributed by atoms with Gasteiger partial charge in [-0.2, -0.15) is 0 Å². The van der Waals surface area contributed by atoms with Crippen LogP contribution in [0.25, 0.3) is 11.3 Å². The van der Waals surface area contributed by atoms with E-state index in [0.717, 1.165) is 5.56 Å². The first kappa shape index (κ1) is 12.6. The molecule has 0 fully saturated rings. The predicted molar refractivity (Wildman–Crippen MR) is 69.0 cm³/mol. The van der Waals surface area contributed by atoms with Gasteiger partial charge < -0.3 is 4.42 Å². The first-order chi connectivity index (χ1) is 7.75. The lowest BCUT2D eigenvalue weighted by Gasteiger charge is -1.99. The summed E-state index contributed by atoms with van der Waals surface area (Å²) in [7, 11) is 0. The molecule has 0 amide bonds. The van der Waals surface area contributed by atoms with Crippen molar-refractivity contribution in [1.82, 2.24) is 0 Å². The molecule has 0 radical (unpaired) electrons. The van der Waals surface area contributed by atoms with Crippen LogP contribution in [0, 0.1) is 0 Å². The molecule has 0 N–H and O–H groups in total. The summed E-state index contributed by atoms with van der Waals surface area (Å²) in [6.45, 7) is 4.00. The molecule has 1 heterocycles. The molecule has 3 heteroatoms. The van der Waals surface area contributed by atoms with Crippen molar-refractivity contribution in [2.75, 3.05) is 0 Å². The summed E-state index contributed by atoms with van der Waals surface area (Å²) in [4.78, 5) is 11.2. The van der Waals surface area contributed by atoms with E-state index in [1.165, 1.54) is 12.1 Å². The van der Waals surface area contributed by atoms with E-state index in [0.29, 0.717) is 10.9 Å². The molecule has 16 heavy (non-hydrogen) atoms. The van der Waals surface area contributed by atoms with Gasteiger partial charge in [-0.3, -0.25) is 4.79 Å². The molecule has 1 aromatic heterocycles. The summed E-state index contributed by atoms with van der Waals surface area (Å²) in [6, 6.07) is 12.2. The van der Waals surface area contributed by atoms with Crippen LogP contribution in [-0.2, 0) is 0 Å². The van der Waals surface area contributed by atoms with Gasteiger partial charge in [0.2, 0.25) is 0 Å². The van der Waals surface area contributed by atoms with Crippen LogP contribution in [0.4, 0.5) is 0 Å². The number of benzene rings is 1. The Balaban J connectivity index is 0.000000606. The molecule has 0 saturated carbocycles. The number of rotatable bonds is 1. The van der Waals surface area contributed by atoms with Crippen LogP contribution in [0.5, 0.6) is 0 Å². The van der Waals surface area contributed by atoms with E-state index in [1.54, 1.807) is 0 Å². The average Bonchev–Trinajstić information content (AvgIpc) is 2.32. The standard InChI is InChI=1S/C11H8O2S.C2H6/c12-9-6-10(13-11(14)7-9)8-4-2-1-3-5-8;1-2/h1-7,14H;1-2H3. The number of hydrogen-bond acceptors (Lipinski definition) is 3. The second-order valence-electron chi connectivity index (χ2n) is 2.86. The van der Waals surface area contributed by atoms with Gasteiger partial charge in [0.05, 0.1) is 0 Å². The van der Waals surface area contributed by atoms with Crippen molar-refractivity contribution in [1.29, 1.82) is 0 Å². The fourth-order valence-corrected chi connectivity index (χ4v) is 1.43. The highest BCUT2D eigenvalue weighted by molar-refractivity contribution is 7.80. The van der Waals surface area contributed by atoms with Crippen LogP contribution in [0.3, 0.4) is 0 Å². The van der Waals surface area contributed by atoms with E-state index in [9.17, 15) is 4.79 Å². The van der Waals surface area contributed by atoms with Crippen LogP contribution in [-0.4, -0.2) is 0 Å². The highest BCUT2D eigenvalue weighted by Gasteiger charge is 2.01. The van der Waals surface area contributed by atoms with E-state index in [4.69, 9.17) is 4.42 Å². The van der Waals surface area contributed by atoms with Gasteiger partial charge in [-0.1, -0.05) is 44.2 Å². The molecule has 1 aromatic carbocycles. The Hall–Kier alpha value is -1.48. The van der Waals surface area contributed by atoms with Gasteiger partial charge in [-0.05, 0) is 0 Å². The van der Waals surface area contributed by atoms with Crippen molar-refractivity contribution in [3.8, 4) is 11.3 Å². The van der Waals surface area contributed by atoms with Crippen molar-refractivity contribution >= 4 is 12.6 Å².